The van der Waals surface area contributed by atoms with E-state index >= 15 is 0 Å². The van der Waals surface area contributed by atoms with Crippen LogP contribution in [-0.4, -0.2) is 10.2 Å². The first-order valence-electron chi connectivity index (χ1n) is 5.45. The molecule has 0 atom stereocenters. The van der Waals surface area contributed by atoms with Crippen LogP contribution in [0.5, 0.6) is 0 Å². The summed E-state index contributed by atoms with van der Waals surface area (Å²) in [6.07, 6.45) is 3.66. The van der Waals surface area contributed by atoms with Gasteiger partial charge < -0.3 is 0 Å². The molecule has 0 aliphatic carbocycles. The highest BCUT2D eigenvalue weighted by Gasteiger charge is 2.07. The monoisotopic (exact) mass is 237 g/mol. The first kappa shape index (κ1) is 11.8. The van der Waals surface area contributed by atoms with Gasteiger partial charge in [0, 0.05) is 0 Å². The maximum atomic E-state index is 11.3. The van der Waals surface area contributed by atoms with E-state index < -0.39 is 5.56 Å². The number of benzene rings is 1. The maximum absolute atomic E-state index is 11.3. The van der Waals surface area contributed by atoms with Crippen LogP contribution < -0.4 is 5.56 Å². The van der Waals surface area contributed by atoms with Crippen LogP contribution in [-0.2, 0) is 0 Å². The van der Waals surface area contributed by atoms with Crippen LogP contribution in [0.2, 0.25) is 0 Å². The van der Waals surface area contributed by atoms with E-state index in [1.807, 2.05) is 42.5 Å². The minimum absolute atomic E-state index is 0.109. The molecule has 4 nitrogen and oxygen atoms in total. The molecule has 0 spiro atoms. The van der Waals surface area contributed by atoms with E-state index in [0.717, 1.165) is 5.56 Å². The fraction of sp³-hybridized carbons (Fsp3) is 0.0714. The quantitative estimate of drug-likeness (QED) is 0.869. The lowest BCUT2D eigenvalue weighted by Gasteiger charge is -1.99. The Morgan fingerprint density at radius 1 is 1.28 bits per heavy atom. The van der Waals surface area contributed by atoms with E-state index in [0.29, 0.717) is 11.3 Å². The molecular weight excluding hydrogens is 226 g/mol. The molecule has 0 amide bonds. The molecular formula is C14H11N3O. The Morgan fingerprint density at radius 2 is 2.00 bits per heavy atom. The molecule has 1 aromatic heterocycles. The Hall–Kier alpha value is -2.67. The zero-order chi connectivity index (χ0) is 13.0. The zero-order valence-electron chi connectivity index (χ0n) is 9.84. The number of nitrogens with zero attached hydrogens (tertiary/aromatic N) is 2. The highest BCUT2D eigenvalue weighted by molar-refractivity contribution is 5.69. The fourth-order valence-corrected chi connectivity index (χ4v) is 1.59. The lowest BCUT2D eigenvalue weighted by Crippen LogP contribution is -2.15. The van der Waals surface area contributed by atoms with Gasteiger partial charge in [0.25, 0.3) is 5.56 Å². The van der Waals surface area contributed by atoms with Crippen molar-refractivity contribution < 1.29 is 0 Å². The standard InChI is InChI=1S/C14H11N3O/c1-10-12(9-15)14(18)17-16-13(10)8-7-11-5-3-2-4-6-11/h2-8H,1H3,(H,17,18)/b8-7+. The van der Waals surface area contributed by atoms with Crippen LogP contribution in [0.15, 0.2) is 35.1 Å². The second-order valence-corrected chi connectivity index (χ2v) is 3.79. The predicted molar refractivity (Wildman–Crippen MR) is 69.7 cm³/mol. The molecule has 0 bridgehead atoms. The predicted octanol–water partition coefficient (Wildman–Crippen LogP) is 2.12. The molecule has 4 heteroatoms. The number of H-pyrrole nitrogens is 1. The third-order valence-electron chi connectivity index (χ3n) is 2.61. The van der Waals surface area contributed by atoms with E-state index in [2.05, 4.69) is 10.2 Å². The molecule has 0 radical (unpaired) electrons. The number of nitriles is 1. The number of hydrogen-bond acceptors (Lipinski definition) is 3. The van der Waals surface area contributed by atoms with Gasteiger partial charge in [-0.1, -0.05) is 36.4 Å². The van der Waals surface area contributed by atoms with Gasteiger partial charge in [0.15, 0.2) is 0 Å². The van der Waals surface area contributed by atoms with Crippen LogP contribution in [0.4, 0.5) is 0 Å². The van der Waals surface area contributed by atoms with E-state index in [-0.39, 0.29) is 5.56 Å². The fourth-order valence-electron chi connectivity index (χ4n) is 1.59. The van der Waals surface area contributed by atoms with Gasteiger partial charge in [-0.3, -0.25) is 4.79 Å². The summed E-state index contributed by atoms with van der Waals surface area (Å²) in [5.41, 5.74) is 1.87. The molecule has 0 unspecified atom stereocenters. The van der Waals surface area contributed by atoms with Crippen molar-refractivity contribution in [3.63, 3.8) is 0 Å². The Bertz CT molecular complexity index is 678. The highest BCUT2D eigenvalue weighted by Crippen LogP contribution is 2.10. The molecule has 1 heterocycles. The van der Waals surface area contributed by atoms with Crippen molar-refractivity contribution in [1.29, 1.82) is 5.26 Å². The Morgan fingerprint density at radius 3 is 2.67 bits per heavy atom. The molecule has 0 fully saturated rings. The van der Waals surface area contributed by atoms with Gasteiger partial charge in [-0.05, 0) is 24.1 Å². The third-order valence-corrected chi connectivity index (χ3v) is 2.61. The summed E-state index contributed by atoms with van der Waals surface area (Å²) in [4.78, 5) is 11.3. The van der Waals surface area contributed by atoms with Crippen molar-refractivity contribution in [3.8, 4) is 6.07 Å². The minimum Gasteiger partial charge on any atom is -0.267 e. The van der Waals surface area contributed by atoms with Gasteiger partial charge in [-0.2, -0.15) is 10.4 Å². The second kappa shape index (κ2) is 5.11. The number of hydrogen-bond donors (Lipinski definition) is 1. The molecule has 1 N–H and O–H groups in total. The van der Waals surface area contributed by atoms with Gasteiger partial charge in [0.1, 0.15) is 11.6 Å². The highest BCUT2D eigenvalue weighted by atomic mass is 16.1. The Balaban J connectivity index is 2.40. The first-order valence-corrected chi connectivity index (χ1v) is 5.45. The van der Waals surface area contributed by atoms with Crippen molar-refractivity contribution in [1.82, 2.24) is 10.2 Å². The van der Waals surface area contributed by atoms with Crippen molar-refractivity contribution in [2.75, 3.05) is 0 Å². The van der Waals surface area contributed by atoms with Crippen LogP contribution in [0.1, 0.15) is 22.4 Å². The normalized spacial score (nSPS) is 10.4. The van der Waals surface area contributed by atoms with E-state index in [9.17, 15) is 4.79 Å². The number of aromatic amines is 1. The van der Waals surface area contributed by atoms with Gasteiger partial charge in [0.2, 0.25) is 0 Å². The molecule has 0 aliphatic heterocycles. The molecule has 18 heavy (non-hydrogen) atoms. The van der Waals surface area contributed by atoms with Crippen molar-refractivity contribution in [3.05, 3.63) is 63.1 Å². The molecule has 88 valence electrons. The molecule has 2 rings (SSSR count). The summed E-state index contributed by atoms with van der Waals surface area (Å²) in [7, 11) is 0. The lowest BCUT2D eigenvalue weighted by atomic mass is 10.1. The lowest BCUT2D eigenvalue weighted by molar-refractivity contribution is 0.952. The van der Waals surface area contributed by atoms with Crippen molar-refractivity contribution in [2.24, 2.45) is 0 Å². The van der Waals surface area contributed by atoms with Crippen LogP contribution >= 0.6 is 0 Å². The molecule has 0 aliphatic rings. The van der Waals surface area contributed by atoms with Crippen LogP contribution in [0.25, 0.3) is 12.2 Å². The summed E-state index contributed by atoms with van der Waals surface area (Å²) >= 11 is 0. The second-order valence-electron chi connectivity index (χ2n) is 3.79. The van der Waals surface area contributed by atoms with Gasteiger partial charge in [0.05, 0.1) is 5.69 Å². The van der Waals surface area contributed by atoms with Gasteiger partial charge >= 0.3 is 0 Å². The molecule has 2 aromatic rings. The van der Waals surface area contributed by atoms with E-state index in [1.165, 1.54) is 0 Å². The number of aromatic nitrogens is 2. The number of nitrogens with one attached hydrogen (secondary N) is 1. The third kappa shape index (κ3) is 2.36. The van der Waals surface area contributed by atoms with Gasteiger partial charge in [-0.15, -0.1) is 0 Å². The van der Waals surface area contributed by atoms with Crippen molar-refractivity contribution >= 4 is 12.2 Å². The Labute approximate surface area is 104 Å². The average Bonchev–Trinajstić information content (AvgIpc) is 2.40. The first-order chi connectivity index (χ1) is 8.72. The SMILES string of the molecule is Cc1c(/C=C/c2ccccc2)n[nH]c(=O)c1C#N. The van der Waals surface area contributed by atoms with E-state index in [1.54, 1.807) is 13.0 Å². The maximum Gasteiger partial charge on any atom is 0.282 e. The summed E-state index contributed by atoms with van der Waals surface area (Å²) in [5.74, 6) is 0. The van der Waals surface area contributed by atoms with Crippen LogP contribution in [0, 0.1) is 18.3 Å². The number of rotatable bonds is 2. The summed E-state index contributed by atoms with van der Waals surface area (Å²) in [6, 6.07) is 11.6. The van der Waals surface area contributed by atoms with E-state index in [4.69, 9.17) is 5.26 Å². The molecule has 0 saturated heterocycles. The Kier molecular flexibility index (Phi) is 3.35. The van der Waals surface area contributed by atoms with Gasteiger partial charge in [-0.25, -0.2) is 5.10 Å². The smallest absolute Gasteiger partial charge is 0.267 e. The minimum atomic E-state index is -0.452. The topological polar surface area (TPSA) is 69.5 Å². The summed E-state index contributed by atoms with van der Waals surface area (Å²) in [6.45, 7) is 1.71. The summed E-state index contributed by atoms with van der Waals surface area (Å²) < 4.78 is 0. The molecule has 1 aromatic carbocycles. The average molecular weight is 237 g/mol. The summed E-state index contributed by atoms with van der Waals surface area (Å²) in [5, 5.41) is 15.1. The largest absolute Gasteiger partial charge is 0.282 e. The van der Waals surface area contributed by atoms with Crippen molar-refractivity contribution in [2.45, 2.75) is 6.92 Å². The molecule has 0 saturated carbocycles. The zero-order valence-corrected chi connectivity index (χ0v) is 9.84. The van der Waals surface area contributed by atoms with Crippen LogP contribution in [0.3, 0.4) is 0 Å².